The molecule has 3 heteroatoms. The van der Waals surface area contributed by atoms with E-state index in [4.69, 9.17) is 16.3 Å². The van der Waals surface area contributed by atoms with Crippen molar-refractivity contribution >= 4 is 11.6 Å². The highest BCUT2D eigenvalue weighted by Crippen LogP contribution is 2.43. The normalized spacial score (nSPS) is 19.4. The summed E-state index contributed by atoms with van der Waals surface area (Å²) in [6, 6.07) is 3.92. The number of ether oxygens (including phenoxy) is 1. The van der Waals surface area contributed by atoms with Crippen LogP contribution >= 0.6 is 11.6 Å². The van der Waals surface area contributed by atoms with Crippen molar-refractivity contribution in [3.63, 3.8) is 0 Å². The summed E-state index contributed by atoms with van der Waals surface area (Å²) in [4.78, 5) is 0. The van der Waals surface area contributed by atoms with Crippen molar-refractivity contribution in [2.24, 2.45) is 0 Å². The Kier molecular flexibility index (Phi) is 4.00. The highest BCUT2D eigenvalue weighted by molar-refractivity contribution is 6.31. The highest BCUT2D eigenvalue weighted by atomic mass is 35.5. The predicted molar refractivity (Wildman–Crippen MR) is 74.1 cm³/mol. The third kappa shape index (κ3) is 2.56. The maximum atomic E-state index is 10.4. The van der Waals surface area contributed by atoms with Crippen LogP contribution in [0, 0.1) is 13.8 Å². The molecule has 18 heavy (non-hydrogen) atoms. The van der Waals surface area contributed by atoms with Crippen molar-refractivity contribution in [1.29, 1.82) is 0 Å². The maximum Gasteiger partial charge on any atom is 0.0832 e. The standard InChI is InChI=1S/C15H21ClO2/c1-10-7-12(13(16)8-11(10)2)14(17)9-15(18-3)5-4-6-15/h7-8,14,17H,4-6,9H2,1-3H3. The molecular formula is C15H21ClO2. The van der Waals surface area contributed by atoms with E-state index in [0.29, 0.717) is 11.4 Å². The van der Waals surface area contributed by atoms with Crippen LogP contribution in [0.25, 0.3) is 0 Å². The zero-order valence-electron chi connectivity index (χ0n) is 11.3. The van der Waals surface area contributed by atoms with Gasteiger partial charge in [0.2, 0.25) is 0 Å². The van der Waals surface area contributed by atoms with Gasteiger partial charge >= 0.3 is 0 Å². The summed E-state index contributed by atoms with van der Waals surface area (Å²) in [7, 11) is 1.73. The van der Waals surface area contributed by atoms with Crippen LogP contribution in [0.4, 0.5) is 0 Å². The van der Waals surface area contributed by atoms with E-state index in [1.807, 2.05) is 26.0 Å². The Bertz CT molecular complexity index is 433. The van der Waals surface area contributed by atoms with E-state index in [1.165, 1.54) is 6.42 Å². The number of hydrogen-bond acceptors (Lipinski definition) is 2. The average molecular weight is 269 g/mol. The number of methoxy groups -OCH3 is 1. The van der Waals surface area contributed by atoms with E-state index >= 15 is 0 Å². The highest BCUT2D eigenvalue weighted by Gasteiger charge is 2.39. The number of hydrogen-bond donors (Lipinski definition) is 1. The molecule has 0 saturated heterocycles. The monoisotopic (exact) mass is 268 g/mol. The average Bonchev–Trinajstić information content (AvgIpc) is 2.28. The van der Waals surface area contributed by atoms with Gasteiger partial charge < -0.3 is 9.84 Å². The Balaban J connectivity index is 2.18. The molecule has 1 atom stereocenters. The SMILES string of the molecule is COC1(CC(O)c2cc(C)c(C)cc2Cl)CCC1. The lowest BCUT2D eigenvalue weighted by Gasteiger charge is -2.42. The lowest BCUT2D eigenvalue weighted by atomic mass is 9.75. The van der Waals surface area contributed by atoms with Crippen LogP contribution in [0.3, 0.4) is 0 Å². The Hall–Kier alpha value is -0.570. The fraction of sp³-hybridized carbons (Fsp3) is 0.600. The number of aliphatic hydroxyl groups is 1. The van der Waals surface area contributed by atoms with Gasteiger partial charge in [-0.15, -0.1) is 0 Å². The van der Waals surface area contributed by atoms with Crippen molar-refractivity contribution in [1.82, 2.24) is 0 Å². The first-order chi connectivity index (χ1) is 8.47. The van der Waals surface area contributed by atoms with Crippen LogP contribution in [-0.4, -0.2) is 17.8 Å². The molecule has 0 bridgehead atoms. The molecule has 0 spiro atoms. The van der Waals surface area contributed by atoms with Crippen molar-refractivity contribution in [2.75, 3.05) is 7.11 Å². The van der Waals surface area contributed by atoms with E-state index in [0.717, 1.165) is 29.5 Å². The molecule has 1 aliphatic carbocycles. The summed E-state index contributed by atoms with van der Waals surface area (Å²) in [5.41, 5.74) is 3.00. The molecule has 2 rings (SSSR count). The Morgan fingerprint density at radius 2 is 1.94 bits per heavy atom. The van der Waals surface area contributed by atoms with Crippen LogP contribution in [0.15, 0.2) is 12.1 Å². The fourth-order valence-corrected chi connectivity index (χ4v) is 2.93. The lowest BCUT2D eigenvalue weighted by Crippen LogP contribution is -2.40. The van der Waals surface area contributed by atoms with E-state index < -0.39 is 6.10 Å². The molecule has 0 aromatic heterocycles. The van der Waals surface area contributed by atoms with E-state index in [1.54, 1.807) is 7.11 Å². The van der Waals surface area contributed by atoms with Gasteiger partial charge in [0.25, 0.3) is 0 Å². The van der Waals surface area contributed by atoms with Gasteiger partial charge in [0.05, 0.1) is 11.7 Å². The quantitative estimate of drug-likeness (QED) is 0.896. The second kappa shape index (κ2) is 5.20. The van der Waals surface area contributed by atoms with Crippen LogP contribution in [-0.2, 0) is 4.74 Å². The molecule has 1 saturated carbocycles. The first-order valence-electron chi connectivity index (χ1n) is 6.47. The second-order valence-electron chi connectivity index (χ2n) is 5.42. The molecule has 0 radical (unpaired) electrons. The first-order valence-corrected chi connectivity index (χ1v) is 6.85. The van der Waals surface area contributed by atoms with Crippen molar-refractivity contribution < 1.29 is 9.84 Å². The molecular weight excluding hydrogens is 248 g/mol. The van der Waals surface area contributed by atoms with E-state index in [-0.39, 0.29) is 5.60 Å². The lowest BCUT2D eigenvalue weighted by molar-refractivity contribution is -0.0999. The summed E-state index contributed by atoms with van der Waals surface area (Å²) < 4.78 is 5.56. The van der Waals surface area contributed by atoms with Gasteiger partial charge in [-0.25, -0.2) is 0 Å². The van der Waals surface area contributed by atoms with Gasteiger partial charge in [-0.1, -0.05) is 17.7 Å². The molecule has 1 N–H and O–H groups in total. The summed E-state index contributed by atoms with van der Waals surface area (Å²) in [5, 5.41) is 11.0. The van der Waals surface area contributed by atoms with E-state index in [2.05, 4.69) is 0 Å². The molecule has 0 heterocycles. The topological polar surface area (TPSA) is 29.5 Å². The molecule has 1 fully saturated rings. The number of benzene rings is 1. The minimum absolute atomic E-state index is 0.137. The minimum Gasteiger partial charge on any atom is -0.388 e. The summed E-state index contributed by atoms with van der Waals surface area (Å²) in [5.74, 6) is 0. The van der Waals surface area contributed by atoms with Crippen LogP contribution < -0.4 is 0 Å². The van der Waals surface area contributed by atoms with Gasteiger partial charge in [-0.2, -0.15) is 0 Å². The van der Waals surface area contributed by atoms with Gasteiger partial charge in [0.15, 0.2) is 0 Å². The van der Waals surface area contributed by atoms with Crippen molar-refractivity contribution in [3.8, 4) is 0 Å². The molecule has 0 amide bonds. The van der Waals surface area contributed by atoms with Gasteiger partial charge in [-0.3, -0.25) is 0 Å². The molecule has 100 valence electrons. The van der Waals surface area contributed by atoms with Crippen LogP contribution in [0.2, 0.25) is 5.02 Å². The molecule has 1 aromatic carbocycles. The molecule has 1 aromatic rings. The van der Waals surface area contributed by atoms with Crippen molar-refractivity contribution in [3.05, 3.63) is 33.8 Å². The Morgan fingerprint density at radius 1 is 1.33 bits per heavy atom. The Morgan fingerprint density at radius 3 is 2.44 bits per heavy atom. The largest absolute Gasteiger partial charge is 0.388 e. The van der Waals surface area contributed by atoms with E-state index in [9.17, 15) is 5.11 Å². The number of halogens is 1. The third-order valence-corrected chi connectivity index (χ3v) is 4.56. The summed E-state index contributed by atoms with van der Waals surface area (Å²) in [6.45, 7) is 4.07. The zero-order chi connectivity index (χ0) is 13.3. The third-order valence-electron chi connectivity index (χ3n) is 4.24. The molecule has 1 unspecified atom stereocenters. The zero-order valence-corrected chi connectivity index (χ0v) is 12.0. The minimum atomic E-state index is -0.544. The van der Waals surface area contributed by atoms with Gasteiger partial charge in [-0.05, 0) is 55.9 Å². The number of aliphatic hydroxyl groups excluding tert-OH is 1. The fourth-order valence-electron chi connectivity index (χ4n) is 2.58. The molecule has 0 aliphatic heterocycles. The summed E-state index contributed by atoms with van der Waals surface area (Å²) >= 11 is 6.23. The molecule has 2 nitrogen and oxygen atoms in total. The predicted octanol–water partition coefficient (Wildman–Crippen LogP) is 3.95. The number of rotatable bonds is 4. The Labute approximate surface area is 114 Å². The molecule has 1 aliphatic rings. The number of aryl methyl sites for hydroxylation is 2. The van der Waals surface area contributed by atoms with Gasteiger partial charge in [0.1, 0.15) is 0 Å². The van der Waals surface area contributed by atoms with Crippen LogP contribution in [0.1, 0.15) is 48.5 Å². The van der Waals surface area contributed by atoms with Crippen molar-refractivity contribution in [2.45, 2.75) is 51.2 Å². The maximum absolute atomic E-state index is 10.4. The van der Waals surface area contributed by atoms with Gasteiger partial charge in [0, 0.05) is 18.6 Å². The second-order valence-corrected chi connectivity index (χ2v) is 5.83. The first kappa shape index (κ1) is 13.9. The van der Waals surface area contributed by atoms with Crippen LogP contribution in [0.5, 0.6) is 0 Å². The summed E-state index contributed by atoms with van der Waals surface area (Å²) in [6.07, 6.45) is 3.33. The smallest absolute Gasteiger partial charge is 0.0832 e.